The lowest BCUT2D eigenvalue weighted by molar-refractivity contribution is 0.194. The van der Waals surface area contributed by atoms with Crippen LogP contribution in [0.5, 0.6) is 0 Å². The Kier molecular flexibility index (Phi) is 5.39. The van der Waals surface area contributed by atoms with Crippen LogP contribution >= 0.6 is 23.2 Å². The van der Waals surface area contributed by atoms with Crippen molar-refractivity contribution in [3.8, 4) is 11.1 Å². The molecular formula is C25H23Cl2N4+. The van der Waals surface area contributed by atoms with Crippen LogP contribution in [-0.2, 0) is 6.54 Å². The van der Waals surface area contributed by atoms with E-state index >= 15 is 0 Å². The summed E-state index contributed by atoms with van der Waals surface area (Å²) in [4.78, 5) is 6.68. The smallest absolute Gasteiger partial charge is 0.155 e. The van der Waals surface area contributed by atoms with Crippen LogP contribution in [0.4, 0.5) is 0 Å². The molecule has 5 rings (SSSR count). The minimum Gasteiger partial charge on any atom is -0.294 e. The monoisotopic (exact) mass is 449 g/mol. The Labute approximate surface area is 192 Å². The van der Waals surface area contributed by atoms with E-state index in [1.165, 1.54) is 22.3 Å². The van der Waals surface area contributed by atoms with Gasteiger partial charge >= 0.3 is 0 Å². The van der Waals surface area contributed by atoms with Crippen molar-refractivity contribution >= 4 is 28.8 Å². The van der Waals surface area contributed by atoms with E-state index in [0.29, 0.717) is 16.1 Å². The standard InChI is InChI=1S/C25H23Cl2N4/c1-3-4-23-25(17-6-9-21(26)22(27)12-17)20-8-5-16(11-19(20)13-30(23)2)18-7-10-24-28-15-29-31(24)14-18/h3,5-12,14-15,23,25H,4,13H2,1-2H3/q+1. The van der Waals surface area contributed by atoms with E-state index in [0.717, 1.165) is 24.2 Å². The first-order chi connectivity index (χ1) is 15.0. The van der Waals surface area contributed by atoms with Crippen molar-refractivity contribution in [1.29, 1.82) is 0 Å². The predicted octanol–water partition coefficient (Wildman–Crippen LogP) is 6.26. The topological polar surface area (TPSA) is 33.4 Å². The molecule has 4 nitrogen and oxygen atoms in total. The number of hydrogen-bond donors (Lipinski definition) is 0. The first-order valence-electron chi connectivity index (χ1n) is 10.4. The van der Waals surface area contributed by atoms with Gasteiger partial charge in [0.05, 0.1) is 29.4 Å². The summed E-state index contributed by atoms with van der Waals surface area (Å²) in [6.45, 7) is 3.03. The van der Waals surface area contributed by atoms with Crippen molar-refractivity contribution in [2.24, 2.45) is 0 Å². The molecule has 0 spiro atoms. The Balaban J connectivity index is 1.61. The minimum atomic E-state index is 0.228. The average Bonchev–Trinajstić information content (AvgIpc) is 3.24. The Morgan fingerprint density at radius 1 is 1.03 bits per heavy atom. The molecule has 2 aromatic carbocycles. The summed E-state index contributed by atoms with van der Waals surface area (Å²) in [6, 6.07) is 17.3. The zero-order valence-corrected chi connectivity index (χ0v) is 19.0. The van der Waals surface area contributed by atoms with Crippen LogP contribution in [0, 0.1) is 6.42 Å². The number of halogens is 2. The number of benzene rings is 2. The largest absolute Gasteiger partial charge is 0.294 e. The second kappa shape index (κ2) is 8.19. The number of aromatic nitrogens is 3. The Morgan fingerprint density at radius 2 is 1.87 bits per heavy atom. The zero-order valence-electron chi connectivity index (χ0n) is 17.5. The number of hydrogen-bond acceptors (Lipinski definition) is 3. The molecule has 3 heterocycles. The second-order valence-electron chi connectivity index (χ2n) is 8.17. The molecule has 0 saturated carbocycles. The lowest BCUT2D eigenvalue weighted by Crippen LogP contribution is -2.41. The molecule has 0 N–H and O–H groups in total. The van der Waals surface area contributed by atoms with E-state index in [-0.39, 0.29) is 5.92 Å². The Bertz CT molecular complexity index is 1250. The highest BCUT2D eigenvalue weighted by molar-refractivity contribution is 6.42. The number of pyridine rings is 1. The van der Waals surface area contributed by atoms with Gasteiger partial charge in [-0.3, -0.25) is 4.90 Å². The maximum atomic E-state index is 6.40. The first kappa shape index (κ1) is 20.4. The highest BCUT2D eigenvalue weighted by Crippen LogP contribution is 2.42. The third kappa shape index (κ3) is 3.69. The molecule has 0 bridgehead atoms. The van der Waals surface area contributed by atoms with Crippen molar-refractivity contribution in [2.75, 3.05) is 7.05 Å². The van der Waals surface area contributed by atoms with Gasteiger partial charge in [0.25, 0.3) is 0 Å². The van der Waals surface area contributed by atoms with E-state index < -0.39 is 0 Å². The lowest BCUT2D eigenvalue weighted by Gasteiger charge is -2.39. The first-order valence-corrected chi connectivity index (χ1v) is 11.2. The summed E-state index contributed by atoms with van der Waals surface area (Å²) in [5, 5.41) is 5.47. The molecule has 6 heteroatoms. The molecule has 0 amide bonds. The summed E-state index contributed by atoms with van der Waals surface area (Å²) in [5.41, 5.74) is 7.04. The summed E-state index contributed by atoms with van der Waals surface area (Å²) in [7, 11) is 2.20. The molecule has 0 fully saturated rings. The average molecular weight is 450 g/mol. The maximum Gasteiger partial charge on any atom is 0.155 e. The summed E-state index contributed by atoms with van der Waals surface area (Å²) in [5.74, 6) is 0.228. The number of nitrogens with zero attached hydrogens (tertiary/aromatic N) is 4. The minimum absolute atomic E-state index is 0.228. The van der Waals surface area contributed by atoms with E-state index in [1.54, 1.807) is 6.33 Å². The summed E-state index contributed by atoms with van der Waals surface area (Å²) >= 11 is 12.6. The van der Waals surface area contributed by atoms with Crippen LogP contribution in [0.2, 0.25) is 10.0 Å². The van der Waals surface area contributed by atoms with Crippen LogP contribution in [0.25, 0.3) is 16.8 Å². The molecule has 0 aliphatic carbocycles. The quantitative estimate of drug-likeness (QED) is 0.344. The highest BCUT2D eigenvalue weighted by Gasteiger charge is 2.36. The number of fused-ring (bicyclic) bond motifs is 2. The second-order valence-corrected chi connectivity index (χ2v) is 8.99. The Morgan fingerprint density at radius 3 is 2.68 bits per heavy atom. The molecule has 1 aliphatic heterocycles. The predicted molar refractivity (Wildman–Crippen MR) is 127 cm³/mol. The molecule has 2 unspecified atom stereocenters. The molecule has 2 atom stereocenters. The highest BCUT2D eigenvalue weighted by atomic mass is 35.5. The number of likely N-dealkylation sites (N-methyl/N-ethyl adjacent to an activating group) is 1. The summed E-state index contributed by atoms with van der Waals surface area (Å²) < 4.78 is 1.81. The van der Waals surface area contributed by atoms with Gasteiger partial charge in [-0.25, -0.2) is 9.50 Å². The Hall–Kier alpha value is -2.53. The van der Waals surface area contributed by atoms with Gasteiger partial charge in [0.2, 0.25) is 0 Å². The van der Waals surface area contributed by atoms with Gasteiger partial charge in [-0.2, -0.15) is 5.10 Å². The van der Waals surface area contributed by atoms with Gasteiger partial charge in [0.15, 0.2) is 5.65 Å². The van der Waals surface area contributed by atoms with E-state index in [1.807, 2.05) is 28.9 Å². The van der Waals surface area contributed by atoms with Gasteiger partial charge < -0.3 is 0 Å². The molecule has 0 radical (unpaired) electrons. The van der Waals surface area contributed by atoms with Crippen LogP contribution < -0.4 is 0 Å². The third-order valence-electron chi connectivity index (χ3n) is 6.24. The zero-order chi connectivity index (χ0) is 21.5. The molecule has 156 valence electrons. The van der Waals surface area contributed by atoms with Crippen LogP contribution in [-0.4, -0.2) is 32.6 Å². The third-order valence-corrected chi connectivity index (χ3v) is 6.98. The molecule has 4 aromatic rings. The van der Waals surface area contributed by atoms with Crippen molar-refractivity contribution in [3.05, 3.63) is 94.2 Å². The van der Waals surface area contributed by atoms with Gasteiger partial charge in [-0.15, -0.1) is 0 Å². The maximum absolute atomic E-state index is 6.40. The number of rotatable bonds is 4. The molecule has 2 aromatic heterocycles. The fraction of sp³-hybridized carbons (Fsp3) is 0.240. The van der Waals surface area contributed by atoms with Gasteiger partial charge in [0.1, 0.15) is 12.7 Å². The van der Waals surface area contributed by atoms with Gasteiger partial charge in [-0.1, -0.05) is 41.4 Å². The van der Waals surface area contributed by atoms with E-state index in [4.69, 9.17) is 23.2 Å². The lowest BCUT2D eigenvalue weighted by atomic mass is 9.77. The van der Waals surface area contributed by atoms with Gasteiger partial charge in [0, 0.05) is 24.2 Å². The fourth-order valence-electron chi connectivity index (χ4n) is 4.73. The van der Waals surface area contributed by atoms with Crippen molar-refractivity contribution in [2.45, 2.75) is 31.8 Å². The summed E-state index contributed by atoms with van der Waals surface area (Å²) in [6.07, 6.45) is 6.86. The fourth-order valence-corrected chi connectivity index (χ4v) is 5.03. The normalized spacial score (nSPS) is 18.8. The van der Waals surface area contributed by atoms with Crippen LogP contribution in [0.15, 0.2) is 61.1 Å². The van der Waals surface area contributed by atoms with Gasteiger partial charge in [-0.05, 0) is 59.6 Å². The van der Waals surface area contributed by atoms with Crippen molar-refractivity contribution < 1.29 is 0 Å². The van der Waals surface area contributed by atoms with Crippen molar-refractivity contribution in [1.82, 2.24) is 19.5 Å². The van der Waals surface area contributed by atoms with Crippen LogP contribution in [0.1, 0.15) is 36.0 Å². The molecule has 1 aliphatic rings. The molecular weight excluding hydrogens is 427 g/mol. The van der Waals surface area contributed by atoms with Crippen molar-refractivity contribution in [3.63, 3.8) is 0 Å². The molecule has 0 saturated heterocycles. The SMILES string of the molecule is C[CH+]CC1C(c2ccc(Cl)c(Cl)c2)c2ccc(-c3ccc4ncnn4c3)cc2CN1C. The van der Waals surface area contributed by atoms with Crippen LogP contribution in [0.3, 0.4) is 0 Å². The van der Waals surface area contributed by atoms with E-state index in [9.17, 15) is 0 Å². The van der Waals surface area contributed by atoms with E-state index in [2.05, 4.69) is 65.7 Å². The molecule has 31 heavy (non-hydrogen) atoms.